The van der Waals surface area contributed by atoms with Gasteiger partial charge in [0.2, 0.25) is 0 Å². The largest absolute Gasteiger partial charge is 0.480 e. The SMILES string of the molecule is COCCCN1C(=O)N(CC(=O)O)C[C@]12CC[C@](c1ccccc1)(N(C)C)CC2. The van der Waals surface area contributed by atoms with Gasteiger partial charge >= 0.3 is 12.0 Å². The lowest BCUT2D eigenvalue weighted by molar-refractivity contribution is -0.137. The van der Waals surface area contributed by atoms with E-state index in [1.165, 1.54) is 10.5 Å². The maximum atomic E-state index is 13.0. The van der Waals surface area contributed by atoms with Crippen molar-refractivity contribution in [3.05, 3.63) is 35.9 Å². The molecule has 1 aromatic rings. The number of carboxylic acid groups (broad SMARTS) is 1. The second kappa shape index (κ2) is 8.71. The van der Waals surface area contributed by atoms with E-state index >= 15 is 0 Å². The smallest absolute Gasteiger partial charge is 0.323 e. The van der Waals surface area contributed by atoms with Crippen molar-refractivity contribution in [3.63, 3.8) is 0 Å². The highest BCUT2D eigenvalue weighted by atomic mass is 16.5. The molecule has 0 aromatic heterocycles. The highest BCUT2D eigenvalue weighted by molar-refractivity contribution is 5.83. The average Bonchev–Trinajstić information content (AvgIpc) is 2.94. The molecule has 29 heavy (non-hydrogen) atoms. The van der Waals surface area contributed by atoms with Crippen molar-refractivity contribution in [2.75, 3.05) is 47.4 Å². The zero-order valence-corrected chi connectivity index (χ0v) is 17.8. The van der Waals surface area contributed by atoms with Crippen LogP contribution in [-0.2, 0) is 15.1 Å². The van der Waals surface area contributed by atoms with Crippen molar-refractivity contribution in [1.82, 2.24) is 14.7 Å². The number of aliphatic carboxylic acids is 1. The van der Waals surface area contributed by atoms with Gasteiger partial charge in [0.05, 0.1) is 5.54 Å². The van der Waals surface area contributed by atoms with Crippen molar-refractivity contribution < 1.29 is 19.4 Å². The van der Waals surface area contributed by atoms with Crippen LogP contribution in [0.2, 0.25) is 0 Å². The molecule has 1 spiro atoms. The van der Waals surface area contributed by atoms with E-state index in [1.807, 2.05) is 11.0 Å². The normalized spacial score (nSPS) is 27.2. The van der Waals surface area contributed by atoms with Gasteiger partial charge in [-0.3, -0.25) is 9.69 Å². The van der Waals surface area contributed by atoms with E-state index in [0.29, 0.717) is 19.7 Å². The van der Waals surface area contributed by atoms with Crippen LogP contribution >= 0.6 is 0 Å². The monoisotopic (exact) mass is 403 g/mol. The third kappa shape index (κ3) is 4.12. The van der Waals surface area contributed by atoms with Crippen LogP contribution < -0.4 is 0 Å². The van der Waals surface area contributed by atoms with Crippen molar-refractivity contribution in [2.45, 2.75) is 43.2 Å². The predicted octanol–water partition coefficient (Wildman–Crippen LogP) is 2.62. The first-order valence-corrected chi connectivity index (χ1v) is 10.3. The first kappa shape index (κ1) is 21.6. The fourth-order valence-corrected chi connectivity index (χ4v) is 5.17. The number of rotatable bonds is 8. The summed E-state index contributed by atoms with van der Waals surface area (Å²) in [4.78, 5) is 30.0. The van der Waals surface area contributed by atoms with Crippen molar-refractivity contribution in [3.8, 4) is 0 Å². The van der Waals surface area contributed by atoms with Gasteiger partial charge in [-0.25, -0.2) is 4.79 Å². The first-order valence-electron chi connectivity index (χ1n) is 10.3. The molecule has 1 saturated carbocycles. The van der Waals surface area contributed by atoms with E-state index in [-0.39, 0.29) is 23.7 Å². The number of carbonyl (C=O) groups excluding carboxylic acids is 1. The first-order chi connectivity index (χ1) is 13.8. The number of carboxylic acids is 1. The van der Waals surface area contributed by atoms with Crippen LogP contribution in [0.3, 0.4) is 0 Å². The Balaban J connectivity index is 1.84. The molecular formula is C22H33N3O4. The summed E-state index contributed by atoms with van der Waals surface area (Å²) in [5, 5.41) is 9.24. The lowest BCUT2D eigenvalue weighted by Crippen LogP contribution is -2.55. The van der Waals surface area contributed by atoms with E-state index in [2.05, 4.69) is 43.3 Å². The maximum absolute atomic E-state index is 13.0. The van der Waals surface area contributed by atoms with Gasteiger partial charge in [-0.2, -0.15) is 0 Å². The highest BCUT2D eigenvalue weighted by Gasteiger charge is 2.54. The van der Waals surface area contributed by atoms with E-state index in [4.69, 9.17) is 4.74 Å². The molecule has 1 aliphatic carbocycles. The van der Waals surface area contributed by atoms with Crippen LogP contribution in [0, 0.1) is 0 Å². The molecule has 3 rings (SSSR count). The summed E-state index contributed by atoms with van der Waals surface area (Å²) >= 11 is 0. The summed E-state index contributed by atoms with van der Waals surface area (Å²) in [6.45, 7) is 1.44. The molecule has 1 heterocycles. The maximum Gasteiger partial charge on any atom is 0.323 e. The number of urea groups is 1. The highest BCUT2D eigenvalue weighted by Crippen LogP contribution is 2.48. The molecule has 1 saturated heterocycles. The Morgan fingerprint density at radius 1 is 1.17 bits per heavy atom. The van der Waals surface area contributed by atoms with E-state index < -0.39 is 5.97 Å². The van der Waals surface area contributed by atoms with Crippen LogP contribution in [0.15, 0.2) is 30.3 Å². The fraction of sp³-hybridized carbons (Fsp3) is 0.636. The molecule has 2 amide bonds. The minimum Gasteiger partial charge on any atom is -0.480 e. The summed E-state index contributed by atoms with van der Waals surface area (Å²) in [6, 6.07) is 10.4. The molecule has 0 radical (unpaired) electrons. The number of methoxy groups -OCH3 is 1. The van der Waals surface area contributed by atoms with Gasteiger partial charge in [0, 0.05) is 32.3 Å². The molecule has 1 aliphatic heterocycles. The standard InChI is InChI=1S/C22H33N3O4/c1-23(2)22(18-8-5-4-6-9-18)12-10-21(11-13-22)17-24(16-19(26)27)20(28)25(21)14-7-15-29-3/h4-6,8-9H,7,10-17H2,1-3H3,(H,26,27)/t21-,22+. The molecule has 1 N–H and O–H groups in total. The number of ether oxygens (including phenoxy) is 1. The number of carbonyl (C=O) groups is 2. The molecule has 2 aliphatic rings. The molecule has 0 unspecified atom stereocenters. The van der Waals surface area contributed by atoms with Gasteiger partial charge in [-0.05, 0) is 51.8 Å². The number of hydrogen-bond acceptors (Lipinski definition) is 4. The third-order valence-electron chi connectivity index (χ3n) is 6.79. The average molecular weight is 404 g/mol. The Bertz CT molecular complexity index is 714. The summed E-state index contributed by atoms with van der Waals surface area (Å²) in [6.07, 6.45) is 4.32. The van der Waals surface area contributed by atoms with Gasteiger partial charge in [-0.15, -0.1) is 0 Å². The number of nitrogens with zero attached hydrogens (tertiary/aromatic N) is 3. The quantitative estimate of drug-likeness (QED) is 0.676. The third-order valence-corrected chi connectivity index (χ3v) is 6.79. The van der Waals surface area contributed by atoms with E-state index in [1.54, 1.807) is 7.11 Å². The number of benzene rings is 1. The van der Waals surface area contributed by atoms with Gasteiger partial charge < -0.3 is 19.6 Å². The van der Waals surface area contributed by atoms with E-state index in [0.717, 1.165) is 32.1 Å². The van der Waals surface area contributed by atoms with Gasteiger partial charge in [-0.1, -0.05) is 30.3 Å². The Morgan fingerprint density at radius 2 is 1.83 bits per heavy atom. The minimum atomic E-state index is -0.963. The van der Waals surface area contributed by atoms with Gasteiger partial charge in [0.25, 0.3) is 0 Å². The second-order valence-corrected chi connectivity index (χ2v) is 8.55. The molecule has 160 valence electrons. The molecule has 0 bridgehead atoms. The lowest BCUT2D eigenvalue weighted by atomic mass is 9.68. The lowest BCUT2D eigenvalue weighted by Gasteiger charge is -2.51. The summed E-state index contributed by atoms with van der Waals surface area (Å²) < 4.78 is 5.17. The zero-order valence-electron chi connectivity index (χ0n) is 17.8. The summed E-state index contributed by atoms with van der Waals surface area (Å²) in [7, 11) is 5.90. The second-order valence-electron chi connectivity index (χ2n) is 8.55. The van der Waals surface area contributed by atoms with Crippen LogP contribution in [-0.4, -0.2) is 84.8 Å². The Hall–Kier alpha value is -2.12. The zero-order chi connectivity index (χ0) is 21.1. The van der Waals surface area contributed by atoms with Crippen LogP contribution in [0.4, 0.5) is 4.79 Å². The van der Waals surface area contributed by atoms with Gasteiger partial charge in [0.1, 0.15) is 6.54 Å². The number of hydrogen-bond donors (Lipinski definition) is 1. The number of amides is 2. The van der Waals surface area contributed by atoms with Crippen molar-refractivity contribution >= 4 is 12.0 Å². The molecule has 2 fully saturated rings. The molecular weight excluding hydrogens is 370 g/mol. The molecule has 7 heteroatoms. The Morgan fingerprint density at radius 3 is 2.38 bits per heavy atom. The Labute approximate surface area is 173 Å². The topological polar surface area (TPSA) is 73.3 Å². The predicted molar refractivity (Wildman–Crippen MR) is 111 cm³/mol. The Kier molecular flexibility index (Phi) is 6.49. The minimum absolute atomic E-state index is 0.0615. The van der Waals surface area contributed by atoms with Gasteiger partial charge in [0.15, 0.2) is 0 Å². The van der Waals surface area contributed by atoms with Crippen LogP contribution in [0.1, 0.15) is 37.7 Å². The molecule has 1 aromatic carbocycles. The van der Waals surface area contributed by atoms with E-state index in [9.17, 15) is 14.7 Å². The molecule has 0 atom stereocenters. The fourth-order valence-electron chi connectivity index (χ4n) is 5.17. The summed E-state index contributed by atoms with van der Waals surface area (Å²) in [5.74, 6) is -0.963. The van der Waals surface area contributed by atoms with Crippen molar-refractivity contribution in [1.29, 1.82) is 0 Å². The summed E-state index contributed by atoms with van der Waals surface area (Å²) in [5.41, 5.74) is 0.945. The van der Waals surface area contributed by atoms with Crippen molar-refractivity contribution in [2.24, 2.45) is 0 Å². The van der Waals surface area contributed by atoms with Crippen LogP contribution in [0.5, 0.6) is 0 Å². The molecule has 7 nitrogen and oxygen atoms in total. The van der Waals surface area contributed by atoms with Crippen LogP contribution in [0.25, 0.3) is 0 Å².